The smallest absolute Gasteiger partial charge is 0.419 e. The van der Waals surface area contributed by atoms with Crippen LogP contribution in [0.15, 0.2) is 24.3 Å². The molecular formula is C15H19F3N2O3S. The van der Waals surface area contributed by atoms with Crippen molar-refractivity contribution in [3.05, 3.63) is 29.8 Å². The van der Waals surface area contributed by atoms with Crippen LogP contribution in [0.3, 0.4) is 0 Å². The zero-order valence-corrected chi connectivity index (χ0v) is 13.9. The number of halogens is 3. The van der Waals surface area contributed by atoms with Gasteiger partial charge in [0.1, 0.15) is 18.5 Å². The molecule has 1 saturated heterocycles. The van der Waals surface area contributed by atoms with Crippen molar-refractivity contribution in [3.63, 3.8) is 0 Å². The number of para-hydroxylation sites is 1. The van der Waals surface area contributed by atoms with Crippen molar-refractivity contribution in [2.45, 2.75) is 18.3 Å². The molecular weight excluding hydrogens is 345 g/mol. The van der Waals surface area contributed by atoms with Crippen LogP contribution < -0.4 is 10.1 Å². The molecule has 2 N–H and O–H groups in total. The van der Waals surface area contributed by atoms with E-state index in [2.05, 4.69) is 5.32 Å². The molecule has 9 heteroatoms. The maximum Gasteiger partial charge on any atom is 0.419 e. The zero-order valence-electron chi connectivity index (χ0n) is 13.0. The topological polar surface area (TPSA) is 61.8 Å². The third kappa shape index (κ3) is 5.02. The third-order valence-electron chi connectivity index (χ3n) is 3.50. The number of rotatable bonds is 6. The van der Waals surface area contributed by atoms with Gasteiger partial charge in [-0.1, -0.05) is 12.1 Å². The normalized spacial score (nSPS) is 19.1. The Balaban J connectivity index is 1.87. The van der Waals surface area contributed by atoms with E-state index < -0.39 is 17.8 Å². The Morgan fingerprint density at radius 3 is 2.83 bits per heavy atom. The molecule has 24 heavy (non-hydrogen) atoms. The first-order valence-electron chi connectivity index (χ1n) is 7.32. The first-order valence-corrected chi connectivity index (χ1v) is 8.47. The lowest BCUT2D eigenvalue weighted by Gasteiger charge is -2.24. The van der Waals surface area contributed by atoms with E-state index in [1.54, 1.807) is 18.8 Å². The van der Waals surface area contributed by atoms with E-state index >= 15 is 0 Å². The quantitative estimate of drug-likeness (QED) is 0.802. The maximum absolute atomic E-state index is 12.9. The summed E-state index contributed by atoms with van der Waals surface area (Å²) in [5, 5.41) is 13.0. The highest BCUT2D eigenvalue weighted by molar-refractivity contribution is 7.99. The highest BCUT2D eigenvalue weighted by atomic mass is 32.2. The van der Waals surface area contributed by atoms with E-state index in [-0.39, 0.29) is 30.9 Å². The van der Waals surface area contributed by atoms with Crippen LogP contribution in [0.4, 0.5) is 13.2 Å². The molecule has 1 aliphatic rings. The molecule has 1 fully saturated rings. The molecule has 134 valence electrons. The second-order valence-corrected chi connectivity index (χ2v) is 6.48. The Bertz CT molecular complexity index is 565. The fraction of sp³-hybridized carbons (Fsp3) is 0.533. The molecule has 1 aromatic carbocycles. The van der Waals surface area contributed by atoms with Crippen molar-refractivity contribution in [2.75, 3.05) is 31.8 Å². The van der Waals surface area contributed by atoms with Gasteiger partial charge in [-0.15, -0.1) is 11.8 Å². The molecule has 1 heterocycles. The highest BCUT2D eigenvalue weighted by Gasteiger charge is 2.34. The van der Waals surface area contributed by atoms with Crippen LogP contribution in [0, 0.1) is 0 Å². The number of thioether (sulfide) groups is 1. The average molecular weight is 364 g/mol. The van der Waals surface area contributed by atoms with Gasteiger partial charge in [0.25, 0.3) is 0 Å². The van der Waals surface area contributed by atoms with E-state index in [4.69, 9.17) is 4.74 Å². The molecule has 0 spiro atoms. The van der Waals surface area contributed by atoms with E-state index in [1.165, 1.54) is 23.1 Å². The summed E-state index contributed by atoms with van der Waals surface area (Å²) in [5.41, 5.74) is -0.895. The number of alkyl halides is 3. The number of hydrogen-bond donors (Lipinski definition) is 2. The lowest BCUT2D eigenvalue weighted by atomic mass is 10.2. The number of aliphatic hydroxyl groups excluding tert-OH is 1. The molecule has 1 amide bonds. The number of carbonyl (C=O) groups excluding carboxylic acids is 1. The van der Waals surface area contributed by atoms with Crippen molar-refractivity contribution in [1.82, 2.24) is 10.2 Å². The van der Waals surface area contributed by atoms with Gasteiger partial charge in [0, 0.05) is 25.2 Å². The van der Waals surface area contributed by atoms with Gasteiger partial charge in [-0.2, -0.15) is 13.2 Å². The minimum atomic E-state index is -4.53. The number of benzene rings is 1. The van der Waals surface area contributed by atoms with Gasteiger partial charge in [-0.25, -0.2) is 0 Å². The lowest BCUT2D eigenvalue weighted by Crippen LogP contribution is -2.46. The summed E-state index contributed by atoms with van der Waals surface area (Å²) < 4.78 is 43.7. The second-order valence-electron chi connectivity index (χ2n) is 5.45. The van der Waals surface area contributed by atoms with Crippen LogP contribution in [0.25, 0.3) is 0 Å². The predicted molar refractivity (Wildman–Crippen MR) is 84.8 cm³/mol. The monoisotopic (exact) mass is 364 g/mol. The lowest BCUT2D eigenvalue weighted by molar-refractivity contribution is -0.139. The van der Waals surface area contributed by atoms with Gasteiger partial charge in [-0.05, 0) is 12.1 Å². The minimum Gasteiger partial charge on any atom is -0.490 e. The van der Waals surface area contributed by atoms with E-state index in [9.17, 15) is 23.1 Å². The van der Waals surface area contributed by atoms with Crippen molar-refractivity contribution >= 4 is 17.7 Å². The highest BCUT2D eigenvalue weighted by Crippen LogP contribution is 2.35. The number of ether oxygens (including phenoxy) is 1. The molecule has 0 saturated carbocycles. The minimum absolute atomic E-state index is 0.0180. The van der Waals surface area contributed by atoms with Gasteiger partial charge in [-0.3, -0.25) is 10.1 Å². The number of likely N-dealkylation sites (N-methyl/N-ethyl adjacent to an activating group) is 1. The molecule has 0 aromatic heterocycles. The molecule has 0 bridgehead atoms. The predicted octanol–water partition coefficient (Wildman–Crippen LogP) is 1.57. The molecule has 1 aromatic rings. The van der Waals surface area contributed by atoms with Crippen molar-refractivity contribution in [3.8, 4) is 5.75 Å². The summed E-state index contributed by atoms with van der Waals surface area (Å²) in [5.74, 6) is 0.861. The van der Waals surface area contributed by atoms with E-state index in [1.807, 2.05) is 0 Å². The van der Waals surface area contributed by atoms with Crippen molar-refractivity contribution in [2.24, 2.45) is 0 Å². The Morgan fingerprint density at radius 2 is 2.21 bits per heavy atom. The van der Waals surface area contributed by atoms with Gasteiger partial charge in [0.2, 0.25) is 5.91 Å². The summed E-state index contributed by atoms with van der Waals surface area (Å²) in [6.45, 7) is -0.354. The van der Waals surface area contributed by atoms with Gasteiger partial charge in [0.15, 0.2) is 0 Å². The first-order chi connectivity index (χ1) is 11.3. The molecule has 2 atom stereocenters. The molecule has 0 unspecified atom stereocenters. The van der Waals surface area contributed by atoms with Gasteiger partial charge in [0.05, 0.1) is 11.6 Å². The van der Waals surface area contributed by atoms with Crippen LogP contribution in [-0.2, 0) is 11.0 Å². The van der Waals surface area contributed by atoms with Crippen LogP contribution in [0.2, 0.25) is 0 Å². The summed E-state index contributed by atoms with van der Waals surface area (Å²) >= 11 is 1.61. The largest absolute Gasteiger partial charge is 0.490 e. The Kier molecular flexibility index (Phi) is 6.36. The van der Waals surface area contributed by atoms with Crippen molar-refractivity contribution < 1.29 is 27.8 Å². The Labute approximate surface area is 142 Å². The Hall–Kier alpha value is -1.45. The molecule has 0 radical (unpaired) electrons. The third-order valence-corrected chi connectivity index (χ3v) is 4.44. The number of amides is 1. The van der Waals surface area contributed by atoms with Crippen LogP contribution >= 0.6 is 11.8 Å². The number of hydrogen-bond acceptors (Lipinski definition) is 5. The number of carbonyl (C=O) groups is 1. The summed E-state index contributed by atoms with van der Waals surface area (Å²) in [6.07, 6.45) is -5.62. The summed E-state index contributed by atoms with van der Waals surface area (Å²) in [7, 11) is 1.54. The van der Waals surface area contributed by atoms with E-state index in [0.29, 0.717) is 11.6 Å². The van der Waals surface area contributed by atoms with Crippen LogP contribution in [-0.4, -0.2) is 59.9 Å². The van der Waals surface area contributed by atoms with Crippen molar-refractivity contribution in [1.29, 1.82) is 0 Å². The van der Waals surface area contributed by atoms with Crippen LogP contribution in [0.1, 0.15) is 5.56 Å². The fourth-order valence-corrected chi connectivity index (χ4v) is 3.22. The standard InChI is InChI=1S/C15H19F3N2O3S/c1-20(14(22)12-8-24-9-19-12)6-10(21)7-23-13-5-3-2-4-11(13)15(16,17)18/h2-5,10,12,19,21H,6-9H2,1H3/t10-,12+/m0/s1. The molecule has 2 rings (SSSR count). The Morgan fingerprint density at radius 1 is 1.50 bits per heavy atom. The second kappa shape index (κ2) is 8.09. The summed E-state index contributed by atoms with van der Waals surface area (Å²) in [6, 6.07) is 4.52. The SMILES string of the molecule is CN(C[C@H](O)COc1ccccc1C(F)(F)F)C(=O)[C@H]1CSCN1. The molecule has 1 aliphatic heterocycles. The number of nitrogens with one attached hydrogen (secondary N) is 1. The van der Waals surface area contributed by atoms with Gasteiger partial charge < -0.3 is 14.7 Å². The van der Waals surface area contributed by atoms with Crippen LogP contribution in [0.5, 0.6) is 5.75 Å². The maximum atomic E-state index is 12.9. The fourth-order valence-electron chi connectivity index (χ4n) is 2.29. The zero-order chi connectivity index (χ0) is 17.7. The number of aliphatic hydroxyl groups is 1. The van der Waals surface area contributed by atoms with Gasteiger partial charge >= 0.3 is 6.18 Å². The molecule has 5 nitrogen and oxygen atoms in total. The number of nitrogens with zero attached hydrogens (tertiary/aromatic N) is 1. The average Bonchev–Trinajstić information content (AvgIpc) is 3.06. The molecule has 0 aliphatic carbocycles. The summed E-state index contributed by atoms with van der Waals surface area (Å²) in [4.78, 5) is 13.4. The van der Waals surface area contributed by atoms with E-state index in [0.717, 1.165) is 6.07 Å². The first kappa shape index (κ1) is 18.9.